The first-order valence-corrected chi connectivity index (χ1v) is 13.6. The number of benzene rings is 1. The van der Waals surface area contributed by atoms with Crippen LogP contribution in [0.25, 0.3) is 0 Å². The highest BCUT2D eigenvalue weighted by atomic mass is 16.4. The number of nitrogens with zero attached hydrogens (tertiary/aromatic N) is 2. The molecule has 0 radical (unpaired) electrons. The Bertz CT molecular complexity index is 1060. The summed E-state index contributed by atoms with van der Waals surface area (Å²) in [5, 5.41) is 25.9. The number of carboxylic acids is 1. The Balaban J connectivity index is 1.27. The molecule has 1 aliphatic heterocycles. The number of aliphatic hydroxyl groups excluding tert-OH is 1. The predicted molar refractivity (Wildman–Crippen MR) is 144 cm³/mol. The van der Waals surface area contributed by atoms with E-state index in [1.807, 2.05) is 6.07 Å². The number of aromatic nitrogens is 1. The van der Waals surface area contributed by atoms with Gasteiger partial charge in [-0.3, -0.25) is 4.79 Å². The van der Waals surface area contributed by atoms with Crippen molar-refractivity contribution in [1.29, 1.82) is 0 Å². The van der Waals surface area contributed by atoms with Crippen LogP contribution >= 0.6 is 0 Å². The number of carbonyl (C=O) groups excluding carboxylic acids is 1. The highest BCUT2D eigenvalue weighted by Gasteiger charge is 2.37. The van der Waals surface area contributed by atoms with Gasteiger partial charge in [-0.1, -0.05) is 36.4 Å². The van der Waals surface area contributed by atoms with Crippen LogP contribution < -0.4 is 10.6 Å². The van der Waals surface area contributed by atoms with Crippen molar-refractivity contribution in [2.45, 2.75) is 75.8 Å². The molecule has 2 heterocycles. The molecule has 4 rings (SSSR count). The molecule has 200 valence electrons. The third-order valence-electron chi connectivity index (χ3n) is 7.68. The number of anilines is 1. The highest BCUT2D eigenvalue weighted by molar-refractivity contribution is 5.91. The van der Waals surface area contributed by atoms with Crippen LogP contribution in [0.15, 0.2) is 42.5 Å². The summed E-state index contributed by atoms with van der Waals surface area (Å²) in [6.07, 6.45) is 7.83. The molecule has 1 aromatic carbocycles. The van der Waals surface area contributed by atoms with E-state index < -0.39 is 29.9 Å². The largest absolute Gasteiger partial charge is 0.480 e. The number of unbranched alkanes of at least 4 members (excludes halogenated alkanes) is 1. The van der Waals surface area contributed by atoms with Crippen LogP contribution in [0, 0.1) is 0 Å². The highest BCUT2D eigenvalue weighted by Crippen LogP contribution is 2.28. The molecule has 1 amide bonds. The first kappa shape index (κ1) is 27.1. The number of amides is 1. The Morgan fingerprint density at radius 3 is 2.65 bits per heavy atom. The van der Waals surface area contributed by atoms with Crippen molar-refractivity contribution >= 4 is 17.7 Å². The fraction of sp³-hybridized carbons (Fsp3) is 0.552. The fourth-order valence-electron chi connectivity index (χ4n) is 5.02. The Labute approximate surface area is 219 Å². The zero-order valence-electron chi connectivity index (χ0n) is 21.8. The molecule has 2 atom stereocenters. The summed E-state index contributed by atoms with van der Waals surface area (Å²) >= 11 is 0. The maximum Gasteiger partial charge on any atom is 0.326 e. The number of aliphatic carboxylic acids is 1. The summed E-state index contributed by atoms with van der Waals surface area (Å²) in [5.74, 6) is -0.488. The lowest BCUT2D eigenvalue weighted by Crippen LogP contribution is -2.52. The molecule has 2 aromatic rings. The van der Waals surface area contributed by atoms with Gasteiger partial charge in [-0.15, -0.1) is 0 Å². The van der Waals surface area contributed by atoms with E-state index in [0.717, 1.165) is 69.5 Å². The van der Waals surface area contributed by atoms with Crippen molar-refractivity contribution in [2.24, 2.45) is 0 Å². The van der Waals surface area contributed by atoms with Gasteiger partial charge in [0.1, 0.15) is 11.9 Å². The van der Waals surface area contributed by atoms with Gasteiger partial charge >= 0.3 is 5.97 Å². The molecule has 1 saturated carbocycles. The van der Waals surface area contributed by atoms with E-state index in [-0.39, 0.29) is 0 Å². The van der Waals surface area contributed by atoms with Crippen molar-refractivity contribution in [3.05, 3.63) is 59.3 Å². The molecule has 8 nitrogen and oxygen atoms in total. The van der Waals surface area contributed by atoms with Gasteiger partial charge in [0.15, 0.2) is 0 Å². The number of nitrogens with one attached hydrogen (secondary N) is 2. The van der Waals surface area contributed by atoms with E-state index in [9.17, 15) is 19.8 Å². The minimum Gasteiger partial charge on any atom is -0.480 e. The number of fused-ring (bicyclic) bond motifs is 1. The van der Waals surface area contributed by atoms with Gasteiger partial charge in [-0.05, 0) is 82.0 Å². The van der Waals surface area contributed by atoms with Gasteiger partial charge in [0.2, 0.25) is 5.91 Å². The second-order valence-corrected chi connectivity index (χ2v) is 10.6. The molecule has 37 heavy (non-hydrogen) atoms. The Kier molecular flexibility index (Phi) is 9.16. The smallest absolute Gasteiger partial charge is 0.326 e. The van der Waals surface area contributed by atoms with Gasteiger partial charge < -0.3 is 25.7 Å². The minimum absolute atomic E-state index is 0.325. The first-order chi connectivity index (χ1) is 17.9. The second-order valence-electron chi connectivity index (χ2n) is 10.6. The molecule has 1 aliphatic carbocycles. The lowest BCUT2D eigenvalue weighted by Gasteiger charge is -2.29. The monoisotopic (exact) mass is 508 g/mol. The van der Waals surface area contributed by atoms with Crippen LogP contribution in [0.5, 0.6) is 0 Å². The van der Waals surface area contributed by atoms with E-state index in [2.05, 4.69) is 27.7 Å². The van der Waals surface area contributed by atoms with Crippen molar-refractivity contribution in [3.8, 4) is 0 Å². The van der Waals surface area contributed by atoms with E-state index >= 15 is 0 Å². The van der Waals surface area contributed by atoms with Gasteiger partial charge in [0.25, 0.3) is 0 Å². The summed E-state index contributed by atoms with van der Waals surface area (Å²) in [6.45, 7) is 3.75. The molecule has 1 fully saturated rings. The van der Waals surface area contributed by atoms with E-state index in [1.165, 1.54) is 5.56 Å². The van der Waals surface area contributed by atoms with Crippen LogP contribution in [-0.4, -0.2) is 70.3 Å². The maximum atomic E-state index is 13.1. The van der Waals surface area contributed by atoms with Crippen LogP contribution in [0.2, 0.25) is 0 Å². The lowest BCUT2D eigenvalue weighted by atomic mass is 9.82. The SMILES string of the molecule is CC(CO)(C(=O)N[C@@H](CCN(CCCCc1ccc2c(n1)NCCC2)C1CC1)C(=O)O)c1ccccc1. The lowest BCUT2D eigenvalue weighted by molar-refractivity contribution is -0.143. The minimum atomic E-state index is -1.20. The number of carbonyl (C=O) groups is 2. The van der Waals surface area contributed by atoms with Crippen molar-refractivity contribution in [2.75, 3.05) is 31.6 Å². The van der Waals surface area contributed by atoms with Crippen LogP contribution in [0.3, 0.4) is 0 Å². The molecule has 0 saturated heterocycles. The standard InChI is InChI=1S/C29H40N4O4/c1-29(20-34,22-9-3-2-4-10-22)28(37)32-25(27(35)36)16-19-33(24-14-15-24)18-6-5-11-23-13-12-21-8-7-17-30-26(21)31-23/h2-4,9-10,12-13,24-25,34H,5-8,11,14-20H2,1H3,(H,30,31)(H,32,37)(H,35,36)/t25-,29?/m0/s1. The number of hydrogen-bond donors (Lipinski definition) is 4. The van der Waals surface area contributed by atoms with Crippen LogP contribution in [-0.2, 0) is 27.8 Å². The molecule has 0 spiro atoms. The number of aliphatic hydroxyl groups is 1. The normalized spacial score (nSPS) is 17.4. The average molecular weight is 509 g/mol. The molecule has 0 bridgehead atoms. The van der Waals surface area contributed by atoms with E-state index in [1.54, 1.807) is 31.2 Å². The molecule has 1 aromatic heterocycles. The zero-order valence-corrected chi connectivity index (χ0v) is 21.8. The summed E-state index contributed by atoms with van der Waals surface area (Å²) in [5.41, 5.74) is 1.87. The molecule has 2 aliphatic rings. The van der Waals surface area contributed by atoms with E-state index in [4.69, 9.17) is 4.98 Å². The van der Waals surface area contributed by atoms with Gasteiger partial charge in [-0.2, -0.15) is 0 Å². The molecular weight excluding hydrogens is 468 g/mol. The van der Waals surface area contributed by atoms with Crippen molar-refractivity contribution in [1.82, 2.24) is 15.2 Å². The Morgan fingerprint density at radius 2 is 1.95 bits per heavy atom. The zero-order chi connectivity index (χ0) is 26.3. The van der Waals surface area contributed by atoms with Gasteiger partial charge in [-0.25, -0.2) is 9.78 Å². The second kappa shape index (κ2) is 12.5. The Morgan fingerprint density at radius 1 is 1.16 bits per heavy atom. The third kappa shape index (κ3) is 7.08. The van der Waals surface area contributed by atoms with Gasteiger partial charge in [0.05, 0.1) is 12.0 Å². The fourth-order valence-corrected chi connectivity index (χ4v) is 5.02. The number of pyridine rings is 1. The van der Waals surface area contributed by atoms with E-state index in [0.29, 0.717) is 24.6 Å². The topological polar surface area (TPSA) is 115 Å². The molecule has 1 unspecified atom stereocenters. The van der Waals surface area contributed by atoms with Crippen LogP contribution in [0.4, 0.5) is 5.82 Å². The van der Waals surface area contributed by atoms with Crippen molar-refractivity contribution < 1.29 is 19.8 Å². The summed E-state index contributed by atoms with van der Waals surface area (Å²) in [7, 11) is 0. The summed E-state index contributed by atoms with van der Waals surface area (Å²) < 4.78 is 0. The number of carboxylic acid groups (broad SMARTS) is 1. The van der Waals surface area contributed by atoms with Crippen molar-refractivity contribution in [3.63, 3.8) is 0 Å². The Hall–Kier alpha value is -2.97. The number of aryl methyl sites for hydroxylation is 2. The number of hydrogen-bond acceptors (Lipinski definition) is 6. The quantitative estimate of drug-likeness (QED) is 0.290. The summed E-state index contributed by atoms with van der Waals surface area (Å²) in [6, 6.07) is 12.8. The molecule has 4 N–H and O–H groups in total. The molecular formula is C29H40N4O4. The number of rotatable bonds is 14. The predicted octanol–water partition coefficient (Wildman–Crippen LogP) is 3.14. The molecule has 8 heteroatoms. The third-order valence-corrected chi connectivity index (χ3v) is 7.68. The summed E-state index contributed by atoms with van der Waals surface area (Å²) in [4.78, 5) is 32.2. The van der Waals surface area contributed by atoms with Crippen LogP contribution in [0.1, 0.15) is 62.3 Å². The first-order valence-electron chi connectivity index (χ1n) is 13.6. The van der Waals surface area contributed by atoms with Gasteiger partial charge in [0, 0.05) is 24.8 Å². The average Bonchev–Trinajstić information content (AvgIpc) is 3.77. The maximum absolute atomic E-state index is 13.1.